The molecule has 3 heteroatoms. The Morgan fingerprint density at radius 1 is 0.311 bits per heavy atom. The highest BCUT2D eigenvalue weighted by molar-refractivity contribution is 6.21. The first kappa shape index (κ1) is 34.9. The standard InChI is InChI=1S/C58H39N3/c1-3-12-39(13-4-1)40-24-30-46(31-25-40)60(49-36-37-54-53(38-49)57-51-21-9-16-44-17-10-22-52(56(44)51)58(57)59-54)47-32-26-41(27-33-47)42-28-34-48(35-29-42)61(45-18-5-2-6-19-45)55-23-11-15-43-14-7-8-20-50(43)55/h1-38,59H. The van der Waals surface area contributed by atoms with Gasteiger partial charge in [-0.15, -0.1) is 0 Å². The zero-order chi connectivity index (χ0) is 40.3. The fourth-order valence-corrected chi connectivity index (χ4v) is 9.45. The minimum atomic E-state index is 1.09. The van der Waals surface area contributed by atoms with E-state index in [2.05, 4.69) is 245 Å². The Hall–Kier alpha value is -8.14. The van der Waals surface area contributed by atoms with Gasteiger partial charge in [0.1, 0.15) is 0 Å². The molecule has 0 unspecified atom stereocenters. The largest absolute Gasteiger partial charge is 0.354 e. The van der Waals surface area contributed by atoms with E-state index < -0.39 is 0 Å². The predicted octanol–water partition coefficient (Wildman–Crippen LogP) is 16.4. The normalized spacial score (nSPS) is 11.6. The van der Waals surface area contributed by atoms with Crippen molar-refractivity contribution in [3.8, 4) is 44.6 Å². The van der Waals surface area contributed by atoms with Crippen molar-refractivity contribution >= 4 is 66.6 Å². The number of rotatable bonds is 8. The molecule has 0 aliphatic heterocycles. The lowest BCUT2D eigenvalue weighted by Crippen LogP contribution is -2.10. The molecule has 1 N–H and O–H groups in total. The van der Waals surface area contributed by atoms with Crippen LogP contribution in [0.15, 0.2) is 231 Å². The number of aromatic nitrogens is 1. The number of para-hydroxylation sites is 1. The Morgan fingerprint density at radius 3 is 1.48 bits per heavy atom. The van der Waals surface area contributed by atoms with E-state index in [0.717, 1.165) is 50.8 Å². The molecular weight excluding hydrogens is 739 g/mol. The van der Waals surface area contributed by atoms with Gasteiger partial charge in [0.05, 0.1) is 11.4 Å². The van der Waals surface area contributed by atoms with Crippen LogP contribution in [0.3, 0.4) is 0 Å². The molecular formula is C58H39N3. The molecule has 0 spiro atoms. The van der Waals surface area contributed by atoms with E-state index in [1.54, 1.807) is 0 Å². The van der Waals surface area contributed by atoms with E-state index in [9.17, 15) is 0 Å². The van der Waals surface area contributed by atoms with Crippen LogP contribution in [0.2, 0.25) is 0 Å². The third-order valence-corrected chi connectivity index (χ3v) is 12.3. The molecule has 0 fully saturated rings. The van der Waals surface area contributed by atoms with E-state index in [-0.39, 0.29) is 0 Å². The monoisotopic (exact) mass is 777 g/mol. The van der Waals surface area contributed by atoms with E-state index in [4.69, 9.17) is 0 Å². The Kier molecular flexibility index (Phi) is 8.17. The maximum Gasteiger partial charge on any atom is 0.0551 e. The number of hydrogen-bond donors (Lipinski definition) is 1. The van der Waals surface area contributed by atoms with Crippen LogP contribution in [0.1, 0.15) is 0 Å². The quantitative estimate of drug-likeness (QED) is 0.166. The number of nitrogens with zero attached hydrogens (tertiary/aromatic N) is 2. The van der Waals surface area contributed by atoms with Gasteiger partial charge in [-0.05, 0) is 117 Å². The van der Waals surface area contributed by atoms with E-state index in [0.29, 0.717) is 0 Å². The van der Waals surface area contributed by atoms with E-state index in [1.807, 2.05) is 0 Å². The minimum Gasteiger partial charge on any atom is -0.354 e. The first-order chi connectivity index (χ1) is 30.2. The van der Waals surface area contributed by atoms with Crippen molar-refractivity contribution in [3.63, 3.8) is 0 Å². The number of anilines is 6. The molecule has 61 heavy (non-hydrogen) atoms. The first-order valence-electron chi connectivity index (χ1n) is 20.9. The molecule has 1 aliphatic carbocycles. The van der Waals surface area contributed by atoms with Crippen molar-refractivity contribution in [3.05, 3.63) is 231 Å². The molecule has 286 valence electrons. The van der Waals surface area contributed by atoms with Crippen molar-refractivity contribution < 1.29 is 0 Å². The fourth-order valence-electron chi connectivity index (χ4n) is 9.45. The lowest BCUT2D eigenvalue weighted by atomic mass is 10.0. The van der Waals surface area contributed by atoms with Gasteiger partial charge in [0.25, 0.3) is 0 Å². The van der Waals surface area contributed by atoms with Crippen LogP contribution in [0, 0.1) is 0 Å². The van der Waals surface area contributed by atoms with Crippen molar-refractivity contribution in [2.24, 2.45) is 0 Å². The van der Waals surface area contributed by atoms with Crippen LogP contribution < -0.4 is 9.80 Å². The van der Waals surface area contributed by atoms with Gasteiger partial charge in [0, 0.05) is 55.9 Å². The molecule has 11 aromatic rings. The number of aromatic amines is 1. The second-order valence-corrected chi connectivity index (χ2v) is 15.8. The molecule has 0 bridgehead atoms. The summed E-state index contributed by atoms with van der Waals surface area (Å²) in [6.45, 7) is 0. The van der Waals surface area contributed by atoms with Gasteiger partial charge < -0.3 is 14.8 Å². The van der Waals surface area contributed by atoms with Gasteiger partial charge in [0.15, 0.2) is 0 Å². The van der Waals surface area contributed by atoms with Gasteiger partial charge in [-0.3, -0.25) is 0 Å². The summed E-state index contributed by atoms with van der Waals surface area (Å²) in [5.41, 5.74) is 17.6. The average molecular weight is 778 g/mol. The third kappa shape index (κ3) is 5.90. The summed E-state index contributed by atoms with van der Waals surface area (Å²) in [6, 6.07) is 83.4. The highest BCUT2D eigenvalue weighted by Crippen LogP contribution is 2.51. The number of benzene rings is 10. The summed E-state index contributed by atoms with van der Waals surface area (Å²) in [4.78, 5) is 8.53. The summed E-state index contributed by atoms with van der Waals surface area (Å²) in [6.07, 6.45) is 0. The molecule has 0 saturated heterocycles. The number of hydrogen-bond acceptors (Lipinski definition) is 2. The summed E-state index contributed by atoms with van der Waals surface area (Å²) in [5.74, 6) is 0. The maximum atomic E-state index is 3.80. The summed E-state index contributed by atoms with van der Waals surface area (Å²) < 4.78 is 0. The third-order valence-electron chi connectivity index (χ3n) is 12.3. The molecule has 12 rings (SSSR count). The molecule has 0 atom stereocenters. The Balaban J connectivity index is 0.928. The van der Waals surface area contributed by atoms with Crippen LogP contribution in [0.25, 0.3) is 77.1 Å². The fraction of sp³-hybridized carbons (Fsp3) is 0. The van der Waals surface area contributed by atoms with Crippen LogP contribution in [-0.2, 0) is 0 Å². The Labute approximate surface area is 355 Å². The van der Waals surface area contributed by atoms with Crippen molar-refractivity contribution in [2.75, 3.05) is 9.80 Å². The van der Waals surface area contributed by atoms with Crippen LogP contribution in [0.4, 0.5) is 34.1 Å². The van der Waals surface area contributed by atoms with Gasteiger partial charge in [-0.2, -0.15) is 0 Å². The van der Waals surface area contributed by atoms with E-state index >= 15 is 0 Å². The molecule has 0 saturated carbocycles. The first-order valence-corrected chi connectivity index (χ1v) is 20.9. The van der Waals surface area contributed by atoms with E-state index in [1.165, 1.54) is 60.4 Å². The topological polar surface area (TPSA) is 22.3 Å². The highest BCUT2D eigenvalue weighted by Gasteiger charge is 2.26. The Bertz CT molecular complexity index is 3380. The number of nitrogens with one attached hydrogen (secondary N) is 1. The van der Waals surface area contributed by atoms with Gasteiger partial charge in [0.2, 0.25) is 0 Å². The van der Waals surface area contributed by atoms with Crippen molar-refractivity contribution in [1.29, 1.82) is 0 Å². The smallest absolute Gasteiger partial charge is 0.0551 e. The molecule has 3 nitrogen and oxygen atoms in total. The molecule has 1 aliphatic rings. The number of fused-ring (bicyclic) bond motifs is 6. The van der Waals surface area contributed by atoms with Crippen LogP contribution >= 0.6 is 0 Å². The lowest BCUT2D eigenvalue weighted by molar-refractivity contribution is 1.29. The number of H-pyrrole nitrogens is 1. The second kappa shape index (κ2) is 14.3. The summed E-state index contributed by atoms with van der Waals surface area (Å²) in [7, 11) is 0. The maximum absolute atomic E-state index is 3.80. The van der Waals surface area contributed by atoms with Crippen LogP contribution in [0.5, 0.6) is 0 Å². The predicted molar refractivity (Wildman–Crippen MR) is 258 cm³/mol. The van der Waals surface area contributed by atoms with Crippen LogP contribution in [-0.4, -0.2) is 4.98 Å². The highest BCUT2D eigenvalue weighted by atomic mass is 15.1. The Morgan fingerprint density at radius 2 is 0.803 bits per heavy atom. The lowest BCUT2D eigenvalue weighted by Gasteiger charge is -2.27. The molecule has 1 aromatic heterocycles. The van der Waals surface area contributed by atoms with Gasteiger partial charge >= 0.3 is 0 Å². The summed E-state index contributed by atoms with van der Waals surface area (Å²) in [5, 5.41) is 6.27. The van der Waals surface area contributed by atoms with Gasteiger partial charge in [-0.1, -0.05) is 158 Å². The zero-order valence-corrected chi connectivity index (χ0v) is 33.3. The van der Waals surface area contributed by atoms with Crippen molar-refractivity contribution in [2.45, 2.75) is 0 Å². The molecule has 1 heterocycles. The minimum absolute atomic E-state index is 1.09. The average Bonchev–Trinajstić information content (AvgIpc) is 3.86. The molecule has 0 radical (unpaired) electrons. The van der Waals surface area contributed by atoms with Gasteiger partial charge in [-0.25, -0.2) is 0 Å². The molecule has 0 amide bonds. The summed E-state index contributed by atoms with van der Waals surface area (Å²) >= 11 is 0. The molecule has 10 aromatic carbocycles. The zero-order valence-electron chi connectivity index (χ0n) is 33.3. The second-order valence-electron chi connectivity index (χ2n) is 15.8. The van der Waals surface area contributed by atoms with Crippen molar-refractivity contribution in [1.82, 2.24) is 4.98 Å². The SMILES string of the molecule is c1ccc(-c2ccc(N(c3ccc(-c4ccc(N(c5ccccc5)c5cccc6ccccc56)cc4)cc3)c3ccc4[nH]c5c(c4c3)-c3cccc4cccc-5c34)cc2)cc1.